The minimum atomic E-state index is -0.0963. The molecule has 0 N–H and O–H groups in total. The van der Waals surface area contributed by atoms with Gasteiger partial charge >= 0.3 is 0 Å². The Balaban J connectivity index is 0.00000280. The number of ether oxygens (including phenoxy) is 2. The number of ketones is 1. The Kier molecular flexibility index (Phi) is 8.49. The fraction of sp³-hybridized carbons (Fsp3) is 0.478. The SMILES string of the molecule is CCCCCC[N+]1=CCC(=CC2Cc3cc(OC)c(OC)cc3C2=O)C=C1.[Br-]. The second kappa shape index (κ2) is 10.6. The van der Waals surface area contributed by atoms with E-state index in [0.717, 1.165) is 30.5 Å². The van der Waals surface area contributed by atoms with Crippen LogP contribution in [0.3, 0.4) is 0 Å². The van der Waals surface area contributed by atoms with Gasteiger partial charge in [0.25, 0.3) is 0 Å². The molecule has 0 bridgehead atoms. The van der Waals surface area contributed by atoms with Crippen LogP contribution in [0.25, 0.3) is 0 Å². The van der Waals surface area contributed by atoms with Crippen LogP contribution in [0.1, 0.15) is 54.9 Å². The molecular formula is C23H30BrNO3. The topological polar surface area (TPSA) is 38.5 Å². The smallest absolute Gasteiger partial charge is 0.170 e. The molecule has 28 heavy (non-hydrogen) atoms. The summed E-state index contributed by atoms with van der Waals surface area (Å²) in [6, 6.07) is 3.75. The number of Topliss-reactive ketones (excluding diaryl/α,β-unsaturated/α-hetero) is 1. The third-order valence-corrected chi connectivity index (χ3v) is 5.38. The average Bonchev–Trinajstić information content (AvgIpc) is 3.00. The average molecular weight is 448 g/mol. The van der Waals surface area contributed by atoms with Gasteiger partial charge in [0.2, 0.25) is 0 Å². The van der Waals surface area contributed by atoms with Crippen LogP contribution in [0.5, 0.6) is 11.5 Å². The van der Waals surface area contributed by atoms with Crippen molar-refractivity contribution in [2.45, 2.75) is 45.4 Å². The zero-order valence-electron chi connectivity index (χ0n) is 17.0. The lowest BCUT2D eigenvalue weighted by Crippen LogP contribution is -3.00. The molecule has 5 heteroatoms. The number of nitrogens with zero attached hydrogens (tertiary/aromatic N) is 1. The van der Waals surface area contributed by atoms with Crippen molar-refractivity contribution in [3.8, 4) is 11.5 Å². The Morgan fingerprint density at radius 2 is 1.89 bits per heavy atom. The molecule has 0 amide bonds. The second-order valence-electron chi connectivity index (χ2n) is 7.28. The van der Waals surface area contributed by atoms with Gasteiger partial charge in [-0.15, -0.1) is 0 Å². The maximum atomic E-state index is 12.8. The van der Waals surface area contributed by atoms with E-state index < -0.39 is 0 Å². The van der Waals surface area contributed by atoms with Crippen LogP contribution < -0.4 is 26.5 Å². The summed E-state index contributed by atoms with van der Waals surface area (Å²) in [5.41, 5.74) is 3.02. The number of allylic oxidation sites excluding steroid dienone is 3. The third-order valence-electron chi connectivity index (χ3n) is 5.38. The standard InChI is InChI=1S/C23H30NO3.BrH/c1-4-5-6-7-10-24-11-8-17(9-12-24)13-19-14-18-15-21(26-2)22(27-3)16-20(18)23(19)25;/h8,11-13,15-16,19H,4-7,9-10,14H2,1-3H3;1H/q+1;/p-1. The van der Waals surface area contributed by atoms with Crippen molar-refractivity contribution in [2.75, 3.05) is 20.8 Å². The summed E-state index contributed by atoms with van der Waals surface area (Å²) in [7, 11) is 3.22. The lowest BCUT2D eigenvalue weighted by molar-refractivity contribution is -0.454. The highest BCUT2D eigenvalue weighted by molar-refractivity contribution is 6.04. The molecule has 0 spiro atoms. The first-order valence-corrected chi connectivity index (χ1v) is 9.93. The monoisotopic (exact) mass is 447 g/mol. The molecule has 1 aliphatic heterocycles. The van der Waals surface area contributed by atoms with Crippen LogP contribution in [-0.4, -0.2) is 37.3 Å². The van der Waals surface area contributed by atoms with Gasteiger partial charge in [-0.2, -0.15) is 0 Å². The summed E-state index contributed by atoms with van der Waals surface area (Å²) < 4.78 is 13.0. The number of carbonyl (C=O) groups excluding carboxylic acids is 1. The number of fused-ring (bicyclic) bond motifs is 1. The van der Waals surface area contributed by atoms with Crippen molar-refractivity contribution in [3.63, 3.8) is 0 Å². The maximum absolute atomic E-state index is 12.8. The fourth-order valence-electron chi connectivity index (χ4n) is 3.80. The number of unbranched alkanes of at least 4 members (excludes halogenated alkanes) is 3. The van der Waals surface area contributed by atoms with Gasteiger partial charge in [-0.25, -0.2) is 4.58 Å². The van der Waals surface area contributed by atoms with Crippen molar-refractivity contribution in [2.24, 2.45) is 5.92 Å². The molecule has 0 aromatic heterocycles. The first kappa shape index (κ1) is 22.4. The Hall–Kier alpha value is -1.88. The highest BCUT2D eigenvalue weighted by Gasteiger charge is 2.31. The molecule has 0 saturated carbocycles. The van der Waals surface area contributed by atoms with E-state index >= 15 is 0 Å². The quantitative estimate of drug-likeness (QED) is 0.448. The van der Waals surface area contributed by atoms with Crippen LogP contribution in [0, 0.1) is 5.92 Å². The molecule has 1 heterocycles. The van der Waals surface area contributed by atoms with E-state index in [9.17, 15) is 4.79 Å². The fourth-order valence-corrected chi connectivity index (χ4v) is 3.80. The molecule has 3 rings (SSSR count). The molecule has 1 aliphatic carbocycles. The van der Waals surface area contributed by atoms with E-state index in [1.165, 1.54) is 31.3 Å². The molecule has 0 radical (unpaired) electrons. The van der Waals surface area contributed by atoms with Gasteiger partial charge in [-0.1, -0.05) is 25.8 Å². The molecule has 1 aromatic carbocycles. The van der Waals surface area contributed by atoms with Crippen molar-refractivity contribution >= 4 is 12.0 Å². The summed E-state index contributed by atoms with van der Waals surface area (Å²) >= 11 is 0. The van der Waals surface area contributed by atoms with Crippen LogP contribution in [0.4, 0.5) is 0 Å². The van der Waals surface area contributed by atoms with E-state index in [-0.39, 0.29) is 28.7 Å². The van der Waals surface area contributed by atoms with Crippen LogP contribution in [0.2, 0.25) is 0 Å². The van der Waals surface area contributed by atoms with E-state index in [2.05, 4.69) is 36.1 Å². The number of halogens is 1. The predicted octanol–water partition coefficient (Wildman–Crippen LogP) is 1.57. The van der Waals surface area contributed by atoms with E-state index in [0.29, 0.717) is 11.5 Å². The molecule has 1 unspecified atom stereocenters. The first-order valence-electron chi connectivity index (χ1n) is 9.93. The van der Waals surface area contributed by atoms with Gasteiger partial charge in [0, 0.05) is 24.0 Å². The van der Waals surface area contributed by atoms with Gasteiger partial charge < -0.3 is 26.5 Å². The lowest BCUT2D eigenvalue weighted by atomic mass is 9.99. The number of rotatable bonds is 8. The van der Waals surface area contributed by atoms with Gasteiger partial charge in [0.15, 0.2) is 23.5 Å². The van der Waals surface area contributed by atoms with Crippen molar-refractivity contribution in [3.05, 3.63) is 47.2 Å². The van der Waals surface area contributed by atoms with Crippen LogP contribution in [-0.2, 0) is 6.42 Å². The predicted molar refractivity (Wildman–Crippen MR) is 108 cm³/mol. The number of hydrogen-bond donors (Lipinski definition) is 0. The lowest BCUT2D eigenvalue weighted by Gasteiger charge is -2.09. The van der Waals surface area contributed by atoms with Crippen LogP contribution in [0.15, 0.2) is 36.1 Å². The first-order chi connectivity index (χ1) is 13.2. The zero-order chi connectivity index (χ0) is 19.2. The second-order valence-corrected chi connectivity index (χ2v) is 7.28. The highest BCUT2D eigenvalue weighted by atomic mass is 79.9. The Labute approximate surface area is 178 Å². The van der Waals surface area contributed by atoms with E-state index in [1.54, 1.807) is 14.2 Å². The largest absolute Gasteiger partial charge is 1.00 e. The summed E-state index contributed by atoms with van der Waals surface area (Å²) in [5, 5.41) is 0. The van der Waals surface area contributed by atoms with Crippen molar-refractivity contribution in [1.29, 1.82) is 0 Å². The Morgan fingerprint density at radius 1 is 1.14 bits per heavy atom. The van der Waals surface area contributed by atoms with Crippen LogP contribution >= 0.6 is 0 Å². The summed E-state index contributed by atoms with van der Waals surface area (Å²) in [4.78, 5) is 12.8. The van der Waals surface area contributed by atoms with Gasteiger partial charge in [0.05, 0.1) is 20.6 Å². The Morgan fingerprint density at radius 3 is 2.54 bits per heavy atom. The molecule has 2 aliphatic rings. The summed E-state index contributed by atoms with van der Waals surface area (Å²) in [5.74, 6) is 1.37. The van der Waals surface area contributed by atoms with E-state index in [1.807, 2.05) is 12.1 Å². The normalized spacial score (nSPS) is 19.2. The number of hydrogen-bond acceptors (Lipinski definition) is 3. The molecule has 1 atom stereocenters. The van der Waals surface area contributed by atoms with Crippen molar-refractivity contribution < 1.29 is 35.8 Å². The van der Waals surface area contributed by atoms with Crippen molar-refractivity contribution in [1.82, 2.24) is 0 Å². The minimum Gasteiger partial charge on any atom is -1.00 e. The zero-order valence-corrected chi connectivity index (χ0v) is 18.6. The third kappa shape index (κ3) is 5.13. The van der Waals surface area contributed by atoms with E-state index in [4.69, 9.17) is 9.47 Å². The minimum absolute atomic E-state index is 0. The summed E-state index contributed by atoms with van der Waals surface area (Å²) in [6.07, 6.45) is 15.4. The molecule has 4 nitrogen and oxygen atoms in total. The van der Waals surface area contributed by atoms with Gasteiger partial charge in [-0.3, -0.25) is 4.79 Å². The number of methoxy groups -OCH3 is 2. The molecule has 0 saturated heterocycles. The molecular weight excluding hydrogens is 418 g/mol. The maximum Gasteiger partial charge on any atom is 0.170 e. The van der Waals surface area contributed by atoms with Gasteiger partial charge in [0.1, 0.15) is 12.8 Å². The number of carbonyl (C=O) groups is 1. The molecule has 0 fully saturated rings. The highest BCUT2D eigenvalue weighted by Crippen LogP contribution is 2.37. The number of benzene rings is 1. The molecule has 152 valence electrons. The Bertz CT molecular complexity index is 795. The van der Waals surface area contributed by atoms with Gasteiger partial charge in [-0.05, 0) is 36.1 Å². The summed E-state index contributed by atoms with van der Waals surface area (Å²) in [6.45, 7) is 3.32. The molecule has 1 aromatic rings.